The van der Waals surface area contributed by atoms with Crippen molar-refractivity contribution in [1.82, 2.24) is 9.97 Å². The molecule has 0 aliphatic carbocycles. The Bertz CT molecular complexity index is 1080. The van der Waals surface area contributed by atoms with Gasteiger partial charge in [-0.3, -0.25) is 10.1 Å². The zero-order valence-electron chi connectivity index (χ0n) is 12.3. The average Bonchev–Trinajstić information content (AvgIpc) is 2.98. The minimum absolute atomic E-state index is 0.100. The van der Waals surface area contributed by atoms with Crippen molar-refractivity contribution in [2.75, 3.05) is 0 Å². The summed E-state index contributed by atoms with van der Waals surface area (Å²) in [5.74, 6) is -0.738. The van der Waals surface area contributed by atoms with Crippen LogP contribution in [0.4, 0.5) is 10.1 Å². The lowest BCUT2D eigenvalue weighted by atomic mass is 10.1. The maximum atomic E-state index is 13.3. The van der Waals surface area contributed by atoms with Crippen LogP contribution >= 0.6 is 15.9 Å². The molecule has 2 N–H and O–H groups in total. The molecule has 0 radical (unpaired) electrons. The molecule has 0 bridgehead atoms. The van der Waals surface area contributed by atoms with E-state index in [4.69, 9.17) is 0 Å². The van der Waals surface area contributed by atoms with Crippen molar-refractivity contribution in [3.8, 4) is 11.8 Å². The molecule has 1 aromatic heterocycles. The number of fused-ring (bicyclic) bond motifs is 1. The summed E-state index contributed by atoms with van der Waals surface area (Å²) in [5, 5.41) is 30.1. The molecule has 9 heteroatoms. The summed E-state index contributed by atoms with van der Waals surface area (Å²) in [7, 11) is 0. The summed E-state index contributed by atoms with van der Waals surface area (Å²) in [4.78, 5) is 17.3. The van der Waals surface area contributed by atoms with E-state index < -0.39 is 22.2 Å². The molecular formula is C16H8BrFN4O3. The van der Waals surface area contributed by atoms with Gasteiger partial charge in [-0.2, -0.15) is 5.26 Å². The third kappa shape index (κ3) is 3.20. The SMILES string of the molecule is N#C/C(=C/c1cc(Br)c(O)c([N+](=O)[O-])c1)c1nc2ccc(F)cc2[nH]1. The lowest BCUT2D eigenvalue weighted by Crippen LogP contribution is -1.91. The minimum atomic E-state index is -0.729. The highest BCUT2D eigenvalue weighted by atomic mass is 79.9. The number of phenolic OH excluding ortho intramolecular Hbond substituents is 1. The van der Waals surface area contributed by atoms with Crippen LogP contribution in [0.1, 0.15) is 11.4 Å². The molecule has 3 rings (SSSR count). The van der Waals surface area contributed by atoms with Crippen molar-refractivity contribution in [2.45, 2.75) is 0 Å². The van der Waals surface area contributed by atoms with E-state index in [0.29, 0.717) is 16.6 Å². The number of nitriles is 1. The van der Waals surface area contributed by atoms with E-state index in [1.54, 1.807) is 0 Å². The fourth-order valence-electron chi connectivity index (χ4n) is 2.26. The van der Waals surface area contributed by atoms with Crippen LogP contribution < -0.4 is 0 Å². The molecule has 0 unspecified atom stereocenters. The number of phenols is 1. The average molecular weight is 403 g/mol. The molecule has 124 valence electrons. The molecule has 0 saturated heterocycles. The van der Waals surface area contributed by atoms with Crippen LogP contribution in [0.2, 0.25) is 0 Å². The van der Waals surface area contributed by atoms with Gasteiger partial charge in [-0.1, -0.05) is 0 Å². The van der Waals surface area contributed by atoms with Gasteiger partial charge in [-0.15, -0.1) is 0 Å². The Morgan fingerprint density at radius 2 is 2.20 bits per heavy atom. The van der Waals surface area contributed by atoms with E-state index in [1.165, 1.54) is 30.3 Å². The number of aromatic nitrogens is 2. The number of hydrogen-bond acceptors (Lipinski definition) is 5. The summed E-state index contributed by atoms with van der Waals surface area (Å²) >= 11 is 3.04. The number of imidazole rings is 1. The number of benzene rings is 2. The van der Waals surface area contributed by atoms with E-state index in [9.17, 15) is 24.9 Å². The summed E-state index contributed by atoms with van der Waals surface area (Å²) in [6, 6.07) is 8.50. The first-order chi connectivity index (χ1) is 11.9. The topological polar surface area (TPSA) is 116 Å². The molecule has 0 amide bonds. The number of aromatic amines is 1. The fraction of sp³-hybridized carbons (Fsp3) is 0. The van der Waals surface area contributed by atoms with Crippen molar-refractivity contribution >= 4 is 44.3 Å². The first-order valence-corrected chi connectivity index (χ1v) is 7.62. The maximum absolute atomic E-state index is 13.3. The number of nitro benzene ring substituents is 1. The third-order valence-corrected chi connectivity index (χ3v) is 4.00. The number of aromatic hydroxyl groups is 1. The van der Waals surface area contributed by atoms with Gasteiger partial charge in [0.2, 0.25) is 5.75 Å². The van der Waals surface area contributed by atoms with Gasteiger partial charge in [0.25, 0.3) is 0 Å². The third-order valence-electron chi connectivity index (χ3n) is 3.39. The Hall–Kier alpha value is -3.25. The fourth-order valence-corrected chi connectivity index (χ4v) is 2.72. The normalized spacial score (nSPS) is 11.5. The highest BCUT2D eigenvalue weighted by Crippen LogP contribution is 2.36. The molecule has 7 nitrogen and oxygen atoms in total. The first-order valence-electron chi connectivity index (χ1n) is 6.83. The minimum Gasteiger partial charge on any atom is -0.501 e. The molecule has 1 heterocycles. The summed E-state index contributed by atoms with van der Waals surface area (Å²) < 4.78 is 13.4. The van der Waals surface area contributed by atoms with Gasteiger partial charge in [-0.25, -0.2) is 9.37 Å². The highest BCUT2D eigenvalue weighted by Gasteiger charge is 2.18. The number of H-pyrrole nitrogens is 1. The van der Waals surface area contributed by atoms with Crippen LogP contribution in [0.15, 0.2) is 34.8 Å². The van der Waals surface area contributed by atoms with Gasteiger partial charge in [0.15, 0.2) is 0 Å². The predicted octanol–water partition coefficient (Wildman–Crippen LogP) is 4.14. The molecule has 0 spiro atoms. The molecule has 3 aromatic rings. The zero-order chi connectivity index (χ0) is 18.1. The summed E-state index contributed by atoms with van der Waals surface area (Å²) in [6.45, 7) is 0. The van der Waals surface area contributed by atoms with E-state index in [2.05, 4.69) is 25.9 Å². The lowest BCUT2D eigenvalue weighted by molar-refractivity contribution is -0.386. The van der Waals surface area contributed by atoms with E-state index in [1.807, 2.05) is 6.07 Å². The van der Waals surface area contributed by atoms with Gasteiger partial charge in [0.05, 0.1) is 26.0 Å². The van der Waals surface area contributed by atoms with Gasteiger partial charge >= 0.3 is 5.69 Å². The van der Waals surface area contributed by atoms with Crippen LogP contribution in [0.25, 0.3) is 22.7 Å². The van der Waals surface area contributed by atoms with Gasteiger partial charge in [0, 0.05) is 6.07 Å². The zero-order valence-corrected chi connectivity index (χ0v) is 13.9. The number of nitrogens with one attached hydrogen (secondary N) is 1. The van der Waals surface area contributed by atoms with Crippen LogP contribution in [0.5, 0.6) is 5.75 Å². The first kappa shape index (κ1) is 16.6. The number of nitro groups is 1. The molecule has 0 fully saturated rings. The Kier molecular flexibility index (Phi) is 4.21. The second-order valence-corrected chi connectivity index (χ2v) is 5.90. The van der Waals surface area contributed by atoms with Crippen molar-refractivity contribution in [1.29, 1.82) is 5.26 Å². The molecule has 0 saturated carbocycles. The number of allylic oxidation sites excluding steroid dienone is 1. The monoisotopic (exact) mass is 402 g/mol. The van der Waals surface area contributed by atoms with Gasteiger partial charge in [0.1, 0.15) is 17.7 Å². The molecule has 0 aliphatic heterocycles. The predicted molar refractivity (Wildman–Crippen MR) is 92.0 cm³/mol. The largest absolute Gasteiger partial charge is 0.501 e. The van der Waals surface area contributed by atoms with Crippen LogP contribution in [-0.4, -0.2) is 20.0 Å². The maximum Gasteiger partial charge on any atom is 0.312 e. The van der Waals surface area contributed by atoms with Crippen molar-refractivity contribution in [2.24, 2.45) is 0 Å². The van der Waals surface area contributed by atoms with Crippen LogP contribution in [0.3, 0.4) is 0 Å². The Balaban J connectivity index is 2.11. The quantitative estimate of drug-likeness (QED) is 0.387. The van der Waals surface area contributed by atoms with Crippen molar-refractivity contribution in [3.63, 3.8) is 0 Å². The van der Waals surface area contributed by atoms with E-state index >= 15 is 0 Å². The summed E-state index contributed by atoms with van der Waals surface area (Å²) in [6.07, 6.45) is 1.38. The molecule has 0 atom stereocenters. The standard InChI is InChI=1S/C16H8BrFN4O3/c17-11-4-8(5-14(15(11)23)22(24)25)3-9(7-19)16-20-12-2-1-10(18)6-13(12)21-16/h1-6,23H,(H,20,21)/b9-3-. The number of hydrogen-bond donors (Lipinski definition) is 2. The molecule has 25 heavy (non-hydrogen) atoms. The van der Waals surface area contributed by atoms with E-state index in [-0.39, 0.29) is 15.9 Å². The smallest absolute Gasteiger partial charge is 0.312 e. The Morgan fingerprint density at radius 3 is 2.88 bits per heavy atom. The van der Waals surface area contributed by atoms with Crippen molar-refractivity contribution < 1.29 is 14.4 Å². The summed E-state index contributed by atoms with van der Waals surface area (Å²) in [5.41, 5.74) is 0.831. The Labute approximate surface area is 148 Å². The lowest BCUT2D eigenvalue weighted by Gasteiger charge is -2.02. The van der Waals surface area contributed by atoms with Gasteiger partial charge < -0.3 is 10.1 Å². The number of halogens is 2. The van der Waals surface area contributed by atoms with Crippen LogP contribution in [0, 0.1) is 27.3 Å². The Morgan fingerprint density at radius 1 is 1.44 bits per heavy atom. The van der Waals surface area contributed by atoms with E-state index in [0.717, 1.165) is 6.07 Å². The second kappa shape index (κ2) is 6.33. The highest BCUT2D eigenvalue weighted by molar-refractivity contribution is 9.10. The number of nitrogens with zero attached hydrogens (tertiary/aromatic N) is 3. The second-order valence-electron chi connectivity index (χ2n) is 5.04. The molecular weight excluding hydrogens is 395 g/mol. The molecule has 0 aliphatic rings. The molecule has 2 aromatic carbocycles. The van der Waals surface area contributed by atoms with Gasteiger partial charge in [-0.05, 0) is 51.8 Å². The number of rotatable bonds is 3. The van der Waals surface area contributed by atoms with Crippen molar-refractivity contribution in [3.05, 3.63) is 62.1 Å². The van der Waals surface area contributed by atoms with Crippen LogP contribution in [-0.2, 0) is 0 Å².